The Balaban J connectivity index is 0. The van der Waals surface area contributed by atoms with Gasteiger partial charge < -0.3 is 4.74 Å². The number of ether oxygens (including phenoxy) is 1. The van der Waals surface area contributed by atoms with E-state index < -0.39 is 15.6 Å². The number of rotatable bonds is 1. The van der Waals surface area contributed by atoms with Gasteiger partial charge in [0.2, 0.25) is 0 Å². The summed E-state index contributed by atoms with van der Waals surface area (Å²) in [6, 6.07) is 23.0. The molecule has 2 aromatic carbocycles. The summed E-state index contributed by atoms with van der Waals surface area (Å²) in [6.07, 6.45) is 0. The molecule has 146 valence electrons. The molecule has 0 bridgehead atoms. The first-order valence-electron chi connectivity index (χ1n) is 6.93. The number of halogens is 3. The van der Waals surface area contributed by atoms with Crippen LogP contribution in [0.5, 0.6) is 5.75 Å². The quantitative estimate of drug-likeness (QED) is 0.311. The molecular formula is C17H19F3FeO4S. The maximum atomic E-state index is 10.7. The van der Waals surface area contributed by atoms with Gasteiger partial charge in [-0.05, 0) is 20.8 Å². The van der Waals surface area contributed by atoms with Crippen LogP contribution in [-0.2, 0) is 27.2 Å². The smallest absolute Gasteiger partial charge is 0.514 e. The van der Waals surface area contributed by atoms with Crippen LogP contribution in [0.25, 0.3) is 0 Å². The summed E-state index contributed by atoms with van der Waals surface area (Å²) in [5.41, 5.74) is -5.64. The third-order valence-electron chi connectivity index (χ3n) is 2.01. The fraction of sp³-hybridized carbons (Fsp3) is 0.294. The predicted molar refractivity (Wildman–Crippen MR) is 88.5 cm³/mol. The summed E-state index contributed by atoms with van der Waals surface area (Å²) in [7, 11) is -5.84. The standard InChI is InChI=1S/C10H13O.C6H5.CHF3O3S.Fe/c1-10(2,3)11-9-7-5-4-6-8-9;1-2-4-6-5-3-1;2-1(3,4)8(5,6)7;/h5-8H,1-3H3;1-5H;(H,5,6,7);/q2*-1;;+2. The number of hydrogen-bond donors (Lipinski definition) is 1. The SMILES string of the molecule is CC(C)(C)Oc1cc[c-]cc1.O=S(=O)(O)C(F)(F)F.[Fe+2].[c-]1ccccc1. The van der Waals surface area contributed by atoms with Crippen molar-refractivity contribution in [3.05, 3.63) is 66.7 Å². The van der Waals surface area contributed by atoms with Crippen LogP contribution >= 0.6 is 0 Å². The summed E-state index contributed by atoms with van der Waals surface area (Å²) in [6.45, 7) is 6.09. The van der Waals surface area contributed by atoms with E-state index >= 15 is 0 Å². The van der Waals surface area contributed by atoms with Crippen molar-refractivity contribution in [3.8, 4) is 5.75 Å². The first-order valence-corrected chi connectivity index (χ1v) is 8.37. The van der Waals surface area contributed by atoms with Crippen molar-refractivity contribution in [1.29, 1.82) is 0 Å². The Bertz CT molecular complexity index is 659. The Morgan fingerprint density at radius 1 is 0.923 bits per heavy atom. The maximum absolute atomic E-state index is 10.7. The van der Waals surface area contributed by atoms with Crippen molar-refractivity contribution in [1.82, 2.24) is 0 Å². The van der Waals surface area contributed by atoms with Crippen molar-refractivity contribution in [2.75, 3.05) is 0 Å². The van der Waals surface area contributed by atoms with E-state index in [0.717, 1.165) is 5.75 Å². The second kappa shape index (κ2) is 12.0. The molecular weight excluding hydrogens is 413 g/mol. The van der Waals surface area contributed by atoms with Gasteiger partial charge in [0.25, 0.3) is 0 Å². The molecule has 0 spiro atoms. The molecule has 26 heavy (non-hydrogen) atoms. The fourth-order valence-electron chi connectivity index (χ4n) is 1.14. The van der Waals surface area contributed by atoms with Crippen LogP contribution in [0.3, 0.4) is 0 Å². The van der Waals surface area contributed by atoms with Crippen molar-refractivity contribution in [3.63, 3.8) is 0 Å². The summed E-state index contributed by atoms with van der Waals surface area (Å²) >= 11 is 0. The van der Waals surface area contributed by atoms with E-state index in [1.54, 1.807) is 0 Å². The number of benzene rings is 2. The van der Waals surface area contributed by atoms with Crippen LogP contribution < -0.4 is 4.74 Å². The van der Waals surface area contributed by atoms with E-state index in [0.29, 0.717) is 0 Å². The largest absolute Gasteiger partial charge is 2.00 e. The molecule has 0 aliphatic rings. The number of hydrogen-bond acceptors (Lipinski definition) is 3. The Hall–Kier alpha value is -1.54. The van der Waals surface area contributed by atoms with Gasteiger partial charge in [0.15, 0.2) is 0 Å². The zero-order valence-electron chi connectivity index (χ0n) is 14.3. The Morgan fingerprint density at radius 3 is 1.54 bits per heavy atom. The van der Waals surface area contributed by atoms with Gasteiger partial charge in [-0.15, -0.1) is 12.1 Å². The van der Waals surface area contributed by atoms with Crippen LogP contribution in [-0.4, -0.2) is 24.1 Å². The molecule has 0 aromatic heterocycles. The summed E-state index contributed by atoms with van der Waals surface area (Å²) < 4.78 is 63.1. The molecule has 0 saturated carbocycles. The molecule has 0 heterocycles. The molecule has 0 unspecified atom stereocenters. The molecule has 0 aliphatic heterocycles. The average Bonchev–Trinajstić information content (AvgIpc) is 2.47. The van der Waals surface area contributed by atoms with Crippen LogP contribution in [0.1, 0.15) is 20.8 Å². The molecule has 2 aromatic rings. The first kappa shape index (κ1) is 26.7. The predicted octanol–water partition coefficient (Wildman–Crippen LogP) is 4.54. The molecule has 9 heteroatoms. The van der Waals surface area contributed by atoms with E-state index in [1.165, 1.54) is 0 Å². The van der Waals surface area contributed by atoms with Crippen LogP contribution in [0, 0.1) is 12.1 Å². The first-order chi connectivity index (χ1) is 11.3. The zero-order valence-corrected chi connectivity index (χ0v) is 16.2. The summed E-state index contributed by atoms with van der Waals surface area (Å²) in [5, 5.41) is 0. The molecule has 2 rings (SSSR count). The van der Waals surface area contributed by atoms with Gasteiger partial charge in [-0.2, -0.15) is 76.2 Å². The van der Waals surface area contributed by atoms with E-state index in [4.69, 9.17) is 17.7 Å². The minimum Gasteiger partial charge on any atom is -0.514 e. The molecule has 0 radical (unpaired) electrons. The average molecular weight is 432 g/mol. The molecule has 0 atom stereocenters. The second-order valence-electron chi connectivity index (χ2n) is 5.45. The van der Waals surface area contributed by atoms with Crippen molar-refractivity contribution in [2.45, 2.75) is 31.9 Å². The normalized spacial score (nSPS) is 10.9. The van der Waals surface area contributed by atoms with Gasteiger partial charge >= 0.3 is 32.7 Å². The van der Waals surface area contributed by atoms with E-state index in [2.05, 4.69) is 12.1 Å². The van der Waals surface area contributed by atoms with Crippen LogP contribution in [0.2, 0.25) is 0 Å². The Kier molecular flexibility index (Phi) is 12.3. The van der Waals surface area contributed by atoms with Gasteiger partial charge in [0.05, 0.1) is 5.60 Å². The van der Waals surface area contributed by atoms with E-state index in [9.17, 15) is 13.2 Å². The second-order valence-corrected chi connectivity index (χ2v) is 6.86. The molecule has 0 aliphatic carbocycles. The summed E-state index contributed by atoms with van der Waals surface area (Å²) in [4.78, 5) is 0. The van der Waals surface area contributed by atoms with Gasteiger partial charge in [0.1, 0.15) is 0 Å². The topological polar surface area (TPSA) is 63.6 Å². The molecule has 1 N–H and O–H groups in total. The monoisotopic (exact) mass is 432 g/mol. The van der Waals surface area contributed by atoms with E-state index in [-0.39, 0.29) is 22.7 Å². The van der Waals surface area contributed by atoms with Crippen molar-refractivity contribution >= 4 is 10.1 Å². The molecule has 0 fully saturated rings. The summed E-state index contributed by atoms with van der Waals surface area (Å²) in [5.74, 6) is 0.899. The molecule has 4 nitrogen and oxygen atoms in total. The molecule has 0 amide bonds. The van der Waals surface area contributed by atoms with Crippen LogP contribution in [0.15, 0.2) is 54.6 Å². The minimum absolute atomic E-state index is 0. The van der Waals surface area contributed by atoms with E-state index in [1.807, 2.05) is 75.4 Å². The zero-order chi connectivity index (χ0) is 19.6. The Morgan fingerprint density at radius 2 is 1.31 bits per heavy atom. The molecule has 0 saturated heterocycles. The van der Waals surface area contributed by atoms with Crippen molar-refractivity contribution in [2.24, 2.45) is 0 Å². The fourth-order valence-corrected chi connectivity index (χ4v) is 1.14. The minimum atomic E-state index is -5.84. The van der Waals surface area contributed by atoms with Crippen LogP contribution in [0.4, 0.5) is 13.2 Å². The van der Waals surface area contributed by atoms with Gasteiger partial charge in [-0.3, -0.25) is 4.55 Å². The third-order valence-corrected chi connectivity index (χ3v) is 2.60. The van der Waals surface area contributed by atoms with Crippen molar-refractivity contribution < 1.29 is 47.9 Å². The van der Waals surface area contributed by atoms with Gasteiger partial charge in [-0.25, -0.2) is 0 Å². The van der Waals surface area contributed by atoms with Gasteiger partial charge in [-0.1, -0.05) is 0 Å². The maximum Gasteiger partial charge on any atom is 2.00 e. The van der Waals surface area contributed by atoms with Gasteiger partial charge in [0, 0.05) is 5.75 Å². The number of alkyl halides is 3. The third kappa shape index (κ3) is 14.8. The Labute approximate surface area is 162 Å².